The van der Waals surface area contributed by atoms with Gasteiger partial charge in [0.05, 0.1) is 12.7 Å². The molecule has 0 aromatic carbocycles. The van der Waals surface area contributed by atoms with Crippen molar-refractivity contribution < 1.29 is 4.74 Å². The van der Waals surface area contributed by atoms with E-state index in [2.05, 4.69) is 38.0 Å². The molecule has 1 heterocycles. The maximum absolute atomic E-state index is 5.57. The Morgan fingerprint density at radius 3 is 2.80 bits per heavy atom. The lowest BCUT2D eigenvalue weighted by Gasteiger charge is -2.34. The number of nitrogens with zero attached hydrogens (tertiary/aromatic N) is 1. The zero-order valence-electron chi connectivity index (χ0n) is 10.6. The van der Waals surface area contributed by atoms with E-state index in [0.29, 0.717) is 12.1 Å². The van der Waals surface area contributed by atoms with Gasteiger partial charge in [-0.15, -0.1) is 0 Å². The number of ether oxygens (including phenoxy) is 1. The number of hydrogen-bond donors (Lipinski definition) is 1. The van der Waals surface area contributed by atoms with E-state index in [-0.39, 0.29) is 0 Å². The summed E-state index contributed by atoms with van der Waals surface area (Å²) in [5.74, 6) is 0. The lowest BCUT2D eigenvalue weighted by Crippen LogP contribution is -2.46. The van der Waals surface area contributed by atoms with Crippen LogP contribution in [0.5, 0.6) is 0 Å². The Morgan fingerprint density at radius 1 is 1.47 bits per heavy atom. The summed E-state index contributed by atoms with van der Waals surface area (Å²) in [6.07, 6.45) is 2.88. The number of hydrogen-bond acceptors (Lipinski definition) is 3. The zero-order valence-corrected chi connectivity index (χ0v) is 10.6. The van der Waals surface area contributed by atoms with Crippen LogP contribution in [0.25, 0.3) is 0 Å². The van der Waals surface area contributed by atoms with Crippen molar-refractivity contribution in [1.29, 1.82) is 0 Å². The Balaban J connectivity index is 2.17. The zero-order chi connectivity index (χ0) is 11.3. The standard InChI is InChI=1S/C12H26N2O/c1-10(2)15-8-7-14(4)12-5-6-13-11(3)9-12/h10-13H,5-9H2,1-4H3. The van der Waals surface area contributed by atoms with Crippen LogP contribution in [0.3, 0.4) is 0 Å². The van der Waals surface area contributed by atoms with Crippen molar-refractivity contribution in [3.8, 4) is 0 Å². The molecule has 0 spiro atoms. The summed E-state index contributed by atoms with van der Waals surface area (Å²) in [7, 11) is 2.21. The van der Waals surface area contributed by atoms with Crippen LogP contribution < -0.4 is 5.32 Å². The summed E-state index contributed by atoms with van der Waals surface area (Å²) in [6.45, 7) is 9.51. The van der Waals surface area contributed by atoms with Gasteiger partial charge in [0.2, 0.25) is 0 Å². The van der Waals surface area contributed by atoms with E-state index >= 15 is 0 Å². The quantitative estimate of drug-likeness (QED) is 0.750. The molecule has 0 aliphatic carbocycles. The van der Waals surface area contributed by atoms with Gasteiger partial charge in [-0.1, -0.05) is 0 Å². The third-order valence-corrected chi connectivity index (χ3v) is 3.11. The summed E-state index contributed by atoms with van der Waals surface area (Å²) in [6, 6.07) is 1.40. The molecule has 1 aliphatic heterocycles. The van der Waals surface area contributed by atoms with Crippen molar-refractivity contribution in [1.82, 2.24) is 10.2 Å². The maximum Gasteiger partial charge on any atom is 0.0596 e. The Bertz CT molecular complexity index is 173. The lowest BCUT2D eigenvalue weighted by molar-refractivity contribution is 0.0505. The smallest absolute Gasteiger partial charge is 0.0596 e. The molecular weight excluding hydrogens is 188 g/mol. The topological polar surface area (TPSA) is 24.5 Å². The molecule has 1 fully saturated rings. The van der Waals surface area contributed by atoms with Crippen LogP contribution in [0.4, 0.5) is 0 Å². The summed E-state index contributed by atoms with van der Waals surface area (Å²) in [5, 5.41) is 3.48. The summed E-state index contributed by atoms with van der Waals surface area (Å²) < 4.78 is 5.57. The van der Waals surface area contributed by atoms with Gasteiger partial charge in [0, 0.05) is 18.6 Å². The molecule has 3 nitrogen and oxygen atoms in total. The van der Waals surface area contributed by atoms with Gasteiger partial charge in [0.1, 0.15) is 0 Å². The molecule has 1 N–H and O–H groups in total. The first-order valence-electron chi connectivity index (χ1n) is 6.15. The van der Waals surface area contributed by atoms with Crippen LogP contribution in [-0.2, 0) is 4.74 Å². The minimum absolute atomic E-state index is 0.352. The molecule has 90 valence electrons. The average Bonchev–Trinajstić information content (AvgIpc) is 2.17. The van der Waals surface area contributed by atoms with Crippen molar-refractivity contribution in [2.24, 2.45) is 0 Å². The summed E-state index contributed by atoms with van der Waals surface area (Å²) in [5.41, 5.74) is 0. The molecular formula is C12H26N2O. The van der Waals surface area contributed by atoms with E-state index in [0.717, 1.165) is 25.7 Å². The normalized spacial score (nSPS) is 27.6. The van der Waals surface area contributed by atoms with Gasteiger partial charge in [-0.25, -0.2) is 0 Å². The average molecular weight is 214 g/mol. The molecule has 1 rings (SSSR count). The van der Waals surface area contributed by atoms with Gasteiger partial charge in [0.15, 0.2) is 0 Å². The molecule has 1 aliphatic rings. The van der Waals surface area contributed by atoms with E-state index in [9.17, 15) is 0 Å². The molecule has 0 saturated carbocycles. The SMILES string of the molecule is CC1CC(N(C)CCOC(C)C)CCN1. The second-order valence-electron chi connectivity index (χ2n) is 4.93. The molecule has 3 heteroatoms. The molecule has 2 unspecified atom stereocenters. The van der Waals surface area contributed by atoms with E-state index in [1.165, 1.54) is 12.8 Å². The highest BCUT2D eigenvalue weighted by atomic mass is 16.5. The Kier molecular flexibility index (Phi) is 5.58. The molecule has 0 radical (unpaired) electrons. The Morgan fingerprint density at radius 2 is 2.20 bits per heavy atom. The van der Waals surface area contributed by atoms with Crippen LogP contribution in [0.2, 0.25) is 0 Å². The van der Waals surface area contributed by atoms with Crippen LogP contribution >= 0.6 is 0 Å². The number of piperidine rings is 1. The van der Waals surface area contributed by atoms with Gasteiger partial charge in [-0.05, 0) is 47.2 Å². The number of rotatable bonds is 5. The first kappa shape index (κ1) is 12.9. The van der Waals surface area contributed by atoms with Crippen LogP contribution in [0.1, 0.15) is 33.6 Å². The third kappa shape index (κ3) is 4.96. The first-order chi connectivity index (χ1) is 7.09. The molecule has 0 bridgehead atoms. The van der Waals surface area contributed by atoms with E-state index < -0.39 is 0 Å². The highest BCUT2D eigenvalue weighted by Gasteiger charge is 2.21. The molecule has 1 saturated heterocycles. The second-order valence-corrected chi connectivity index (χ2v) is 4.93. The Labute approximate surface area is 94.2 Å². The van der Waals surface area contributed by atoms with E-state index in [1.54, 1.807) is 0 Å². The van der Waals surface area contributed by atoms with Gasteiger partial charge < -0.3 is 15.0 Å². The predicted molar refractivity (Wildman–Crippen MR) is 64.2 cm³/mol. The van der Waals surface area contributed by atoms with Gasteiger partial charge in [-0.3, -0.25) is 0 Å². The summed E-state index contributed by atoms with van der Waals surface area (Å²) in [4.78, 5) is 2.44. The van der Waals surface area contributed by atoms with Crippen molar-refractivity contribution in [3.05, 3.63) is 0 Å². The second kappa shape index (κ2) is 6.46. The molecule has 0 amide bonds. The van der Waals surface area contributed by atoms with Gasteiger partial charge in [0.25, 0.3) is 0 Å². The molecule has 0 aromatic heterocycles. The largest absolute Gasteiger partial charge is 0.377 e. The van der Waals surface area contributed by atoms with E-state index in [1.807, 2.05) is 0 Å². The highest BCUT2D eigenvalue weighted by molar-refractivity contribution is 4.80. The van der Waals surface area contributed by atoms with Gasteiger partial charge >= 0.3 is 0 Å². The summed E-state index contributed by atoms with van der Waals surface area (Å²) >= 11 is 0. The van der Waals surface area contributed by atoms with Gasteiger partial charge in [-0.2, -0.15) is 0 Å². The number of likely N-dealkylation sites (N-methyl/N-ethyl adjacent to an activating group) is 1. The van der Waals surface area contributed by atoms with Crippen molar-refractivity contribution in [3.63, 3.8) is 0 Å². The van der Waals surface area contributed by atoms with Crippen LogP contribution in [-0.4, -0.2) is 49.8 Å². The van der Waals surface area contributed by atoms with Crippen LogP contribution in [0, 0.1) is 0 Å². The molecule has 15 heavy (non-hydrogen) atoms. The first-order valence-corrected chi connectivity index (χ1v) is 6.15. The lowest BCUT2D eigenvalue weighted by atomic mass is 9.99. The third-order valence-electron chi connectivity index (χ3n) is 3.11. The van der Waals surface area contributed by atoms with Crippen molar-refractivity contribution in [2.45, 2.75) is 51.8 Å². The fourth-order valence-corrected chi connectivity index (χ4v) is 2.12. The highest BCUT2D eigenvalue weighted by Crippen LogP contribution is 2.13. The minimum Gasteiger partial charge on any atom is -0.377 e. The number of nitrogens with one attached hydrogen (secondary N) is 1. The molecule has 0 aromatic rings. The van der Waals surface area contributed by atoms with Crippen LogP contribution in [0.15, 0.2) is 0 Å². The Hall–Kier alpha value is -0.120. The minimum atomic E-state index is 0.352. The van der Waals surface area contributed by atoms with Crippen molar-refractivity contribution in [2.75, 3.05) is 26.7 Å². The maximum atomic E-state index is 5.57. The fraction of sp³-hybridized carbons (Fsp3) is 1.00. The predicted octanol–water partition coefficient (Wildman–Crippen LogP) is 1.48. The molecule has 2 atom stereocenters. The monoisotopic (exact) mass is 214 g/mol. The van der Waals surface area contributed by atoms with E-state index in [4.69, 9.17) is 4.74 Å². The van der Waals surface area contributed by atoms with Crippen molar-refractivity contribution >= 4 is 0 Å². The fourth-order valence-electron chi connectivity index (χ4n) is 2.12.